The van der Waals surface area contributed by atoms with Crippen LogP contribution in [0.2, 0.25) is 5.02 Å². The zero-order chi connectivity index (χ0) is 19.1. The predicted molar refractivity (Wildman–Crippen MR) is 113 cm³/mol. The minimum atomic E-state index is -0.148. The summed E-state index contributed by atoms with van der Waals surface area (Å²) in [7, 11) is 0. The van der Waals surface area contributed by atoms with Crippen LogP contribution in [-0.4, -0.2) is 15.4 Å². The number of halogens is 1. The van der Waals surface area contributed by atoms with Gasteiger partial charge in [0.15, 0.2) is 0 Å². The first-order valence-electron chi connectivity index (χ1n) is 9.08. The van der Waals surface area contributed by atoms with E-state index in [1.54, 1.807) is 35.6 Å². The van der Waals surface area contributed by atoms with Crippen LogP contribution in [0.25, 0.3) is 5.69 Å². The number of amides is 1. The molecule has 1 unspecified atom stereocenters. The first-order chi connectivity index (χ1) is 13.7. The quantitative estimate of drug-likeness (QED) is 0.406. The second-order valence-corrected chi connectivity index (χ2v) is 8.21. The summed E-state index contributed by atoms with van der Waals surface area (Å²) < 4.78 is 2.20. The van der Waals surface area contributed by atoms with Gasteiger partial charge in [0.25, 0.3) is 5.91 Å². The van der Waals surface area contributed by atoms with Gasteiger partial charge in [-0.2, -0.15) is 0 Å². The summed E-state index contributed by atoms with van der Waals surface area (Å²) in [5.41, 5.74) is 3.98. The van der Waals surface area contributed by atoms with Crippen molar-refractivity contribution >= 4 is 28.8 Å². The molecule has 0 N–H and O–H groups in total. The maximum atomic E-state index is 13.6. The van der Waals surface area contributed by atoms with Gasteiger partial charge in [0, 0.05) is 28.2 Å². The average Bonchev–Trinajstić information content (AvgIpc) is 3.39. The fourth-order valence-electron chi connectivity index (χ4n) is 3.84. The molecule has 138 valence electrons. The summed E-state index contributed by atoms with van der Waals surface area (Å²) in [6.45, 7) is 0.544. The second-order valence-electron chi connectivity index (χ2n) is 6.79. The standard InChI is InChI=1S/C23H17ClN2OS/c24-18-11-9-16(10-12-18)23(27)26-15-17-5-1-2-6-19(17)25-13-3-7-20(25)22(26)21-8-4-14-28-21/h1-14,22H,15H2. The molecule has 0 spiro atoms. The number of carbonyl (C=O) groups excluding carboxylic acids is 1. The first kappa shape index (κ1) is 17.3. The number of rotatable bonds is 2. The van der Waals surface area contributed by atoms with Crippen LogP contribution in [0.4, 0.5) is 0 Å². The Hall–Kier alpha value is -2.82. The summed E-state index contributed by atoms with van der Waals surface area (Å²) in [5, 5.41) is 2.69. The topological polar surface area (TPSA) is 25.2 Å². The van der Waals surface area contributed by atoms with Gasteiger partial charge < -0.3 is 9.47 Å². The van der Waals surface area contributed by atoms with Crippen LogP contribution < -0.4 is 0 Å². The van der Waals surface area contributed by atoms with Crippen LogP contribution in [0.15, 0.2) is 84.4 Å². The Kier molecular flexibility index (Phi) is 4.30. The van der Waals surface area contributed by atoms with Gasteiger partial charge in [0.2, 0.25) is 0 Å². The number of thiophene rings is 1. The van der Waals surface area contributed by atoms with Crippen molar-refractivity contribution in [3.8, 4) is 5.69 Å². The van der Waals surface area contributed by atoms with Crippen molar-refractivity contribution in [2.75, 3.05) is 0 Å². The molecule has 0 radical (unpaired) electrons. The lowest BCUT2D eigenvalue weighted by molar-refractivity contribution is 0.0693. The van der Waals surface area contributed by atoms with Crippen molar-refractivity contribution in [1.29, 1.82) is 0 Å². The van der Waals surface area contributed by atoms with Gasteiger partial charge in [-0.25, -0.2) is 0 Å². The fourth-order valence-corrected chi connectivity index (χ4v) is 4.82. The molecule has 3 nitrogen and oxygen atoms in total. The number of nitrogens with zero attached hydrogens (tertiary/aromatic N) is 2. The Morgan fingerprint density at radius 3 is 2.57 bits per heavy atom. The number of hydrogen-bond acceptors (Lipinski definition) is 2. The van der Waals surface area contributed by atoms with Crippen LogP contribution in [0, 0.1) is 0 Å². The van der Waals surface area contributed by atoms with E-state index in [2.05, 4.69) is 40.4 Å². The maximum Gasteiger partial charge on any atom is 0.255 e. The highest BCUT2D eigenvalue weighted by molar-refractivity contribution is 7.10. The van der Waals surface area contributed by atoms with Crippen molar-refractivity contribution in [2.45, 2.75) is 12.6 Å². The van der Waals surface area contributed by atoms with Crippen LogP contribution in [-0.2, 0) is 6.54 Å². The number of aromatic nitrogens is 1. The molecular formula is C23H17ClN2OS. The maximum absolute atomic E-state index is 13.6. The monoisotopic (exact) mass is 404 g/mol. The first-order valence-corrected chi connectivity index (χ1v) is 10.3. The van der Waals surface area contributed by atoms with Crippen molar-refractivity contribution < 1.29 is 4.79 Å². The lowest BCUT2D eigenvalue weighted by Gasteiger charge is -2.30. The molecule has 2 aromatic heterocycles. The van der Waals surface area contributed by atoms with Crippen LogP contribution in [0.5, 0.6) is 0 Å². The van der Waals surface area contributed by atoms with Crippen LogP contribution in [0.1, 0.15) is 32.5 Å². The van der Waals surface area contributed by atoms with Gasteiger partial charge in [-0.05, 0) is 59.5 Å². The molecule has 28 heavy (non-hydrogen) atoms. The highest BCUT2D eigenvalue weighted by atomic mass is 35.5. The van der Waals surface area contributed by atoms with Gasteiger partial charge >= 0.3 is 0 Å². The Morgan fingerprint density at radius 2 is 1.79 bits per heavy atom. The number of hydrogen-bond donors (Lipinski definition) is 0. The Balaban J connectivity index is 1.70. The van der Waals surface area contributed by atoms with E-state index in [0.717, 1.165) is 21.8 Å². The van der Waals surface area contributed by atoms with Gasteiger partial charge in [-0.3, -0.25) is 4.79 Å². The third-order valence-electron chi connectivity index (χ3n) is 5.13. The van der Waals surface area contributed by atoms with E-state index in [0.29, 0.717) is 17.1 Å². The van der Waals surface area contributed by atoms with Crippen molar-refractivity contribution in [3.63, 3.8) is 0 Å². The Morgan fingerprint density at radius 1 is 0.964 bits per heavy atom. The number of para-hydroxylation sites is 1. The van der Waals surface area contributed by atoms with Crippen molar-refractivity contribution in [3.05, 3.63) is 111 Å². The van der Waals surface area contributed by atoms with Crippen molar-refractivity contribution in [2.24, 2.45) is 0 Å². The highest BCUT2D eigenvalue weighted by Gasteiger charge is 2.33. The molecule has 4 aromatic rings. The molecule has 0 saturated heterocycles. The smallest absolute Gasteiger partial charge is 0.255 e. The average molecular weight is 405 g/mol. The second kappa shape index (κ2) is 6.97. The van der Waals surface area contributed by atoms with Gasteiger partial charge in [0.05, 0.1) is 11.4 Å². The van der Waals surface area contributed by atoms with E-state index >= 15 is 0 Å². The molecule has 1 aliphatic heterocycles. The molecule has 1 amide bonds. The van der Waals surface area contributed by atoms with E-state index in [-0.39, 0.29) is 11.9 Å². The third-order valence-corrected chi connectivity index (χ3v) is 6.31. The normalized spacial score (nSPS) is 15.6. The molecule has 5 heteroatoms. The molecule has 2 aromatic carbocycles. The summed E-state index contributed by atoms with van der Waals surface area (Å²) >= 11 is 7.71. The lowest BCUT2D eigenvalue weighted by Crippen LogP contribution is -2.34. The van der Waals surface area contributed by atoms with Crippen LogP contribution in [0.3, 0.4) is 0 Å². The largest absolute Gasteiger partial charge is 0.321 e. The van der Waals surface area contributed by atoms with Gasteiger partial charge in [-0.1, -0.05) is 35.9 Å². The molecule has 0 aliphatic carbocycles. The summed E-state index contributed by atoms with van der Waals surface area (Å²) in [5.74, 6) is -0.000445. The molecule has 0 bridgehead atoms. The Labute approximate surface area is 172 Å². The van der Waals surface area contributed by atoms with E-state index in [4.69, 9.17) is 11.6 Å². The summed E-state index contributed by atoms with van der Waals surface area (Å²) in [6.07, 6.45) is 2.07. The van der Waals surface area contributed by atoms with E-state index < -0.39 is 0 Å². The molecule has 0 fully saturated rings. The molecule has 1 aliphatic rings. The number of benzene rings is 2. The van der Waals surface area contributed by atoms with Gasteiger partial charge in [-0.15, -0.1) is 11.3 Å². The number of fused-ring (bicyclic) bond motifs is 3. The zero-order valence-electron chi connectivity index (χ0n) is 15.0. The molecule has 0 saturated carbocycles. The van der Waals surface area contributed by atoms with E-state index in [9.17, 15) is 4.79 Å². The van der Waals surface area contributed by atoms with Crippen LogP contribution >= 0.6 is 22.9 Å². The van der Waals surface area contributed by atoms with Gasteiger partial charge in [0.1, 0.15) is 6.04 Å². The number of carbonyl (C=O) groups is 1. The molecule has 5 rings (SSSR count). The Bertz CT molecular complexity index is 1130. The highest BCUT2D eigenvalue weighted by Crippen LogP contribution is 2.39. The zero-order valence-corrected chi connectivity index (χ0v) is 16.5. The SMILES string of the molecule is O=C(c1ccc(Cl)cc1)N1Cc2ccccc2-n2cccc2C1c1cccs1. The third kappa shape index (κ3) is 2.86. The minimum Gasteiger partial charge on any atom is -0.321 e. The van der Waals surface area contributed by atoms with Crippen molar-refractivity contribution in [1.82, 2.24) is 9.47 Å². The molecular weight excluding hydrogens is 388 g/mol. The van der Waals surface area contributed by atoms with E-state index in [1.807, 2.05) is 29.2 Å². The lowest BCUT2D eigenvalue weighted by atomic mass is 10.1. The minimum absolute atomic E-state index is 0.000445. The predicted octanol–water partition coefficient (Wildman–Crippen LogP) is 5.94. The summed E-state index contributed by atoms with van der Waals surface area (Å²) in [6, 6.07) is 23.5. The van der Waals surface area contributed by atoms with E-state index in [1.165, 1.54) is 0 Å². The molecule has 3 heterocycles. The fraction of sp³-hybridized carbons (Fsp3) is 0.0870. The summed E-state index contributed by atoms with van der Waals surface area (Å²) in [4.78, 5) is 16.7. The molecule has 1 atom stereocenters.